The lowest BCUT2D eigenvalue weighted by Gasteiger charge is -2.39. The summed E-state index contributed by atoms with van der Waals surface area (Å²) in [6, 6.07) is 22.8. The maximum Gasteiger partial charge on any atom is 0.266 e. The molecule has 224 valence electrons. The molecule has 43 heavy (non-hydrogen) atoms. The van der Waals surface area contributed by atoms with Crippen LogP contribution in [0.25, 0.3) is 0 Å². The van der Waals surface area contributed by atoms with Crippen LogP contribution in [0.3, 0.4) is 0 Å². The highest BCUT2D eigenvalue weighted by Crippen LogP contribution is 2.40. The molecule has 0 aliphatic carbocycles. The number of aliphatic hydroxyl groups excluding tert-OH is 1. The monoisotopic (exact) mass is 581 g/mol. The highest BCUT2D eigenvalue weighted by Gasteiger charge is 2.39. The van der Waals surface area contributed by atoms with Crippen molar-refractivity contribution < 1.29 is 24.2 Å². The van der Waals surface area contributed by atoms with E-state index in [1.807, 2.05) is 42.5 Å². The van der Waals surface area contributed by atoms with Gasteiger partial charge in [-0.15, -0.1) is 0 Å². The molecule has 4 heterocycles. The SMILES string of the molecule is O=C1c2ccccc2C(=O)N1c1cccc(C2OC(CN3CCCC3CN3CCCC3)CC(c3ccc(CO)cc3)O2)c1. The van der Waals surface area contributed by atoms with Crippen molar-refractivity contribution in [2.75, 3.05) is 37.6 Å². The van der Waals surface area contributed by atoms with Crippen molar-refractivity contribution >= 4 is 17.5 Å². The molecule has 4 aliphatic rings. The van der Waals surface area contributed by atoms with E-state index in [1.54, 1.807) is 30.3 Å². The summed E-state index contributed by atoms with van der Waals surface area (Å²) in [6.45, 7) is 5.45. The number of likely N-dealkylation sites (tertiary alicyclic amines) is 2. The maximum absolute atomic E-state index is 13.2. The fourth-order valence-corrected chi connectivity index (χ4v) is 7.13. The van der Waals surface area contributed by atoms with Crippen molar-refractivity contribution in [1.82, 2.24) is 9.80 Å². The van der Waals surface area contributed by atoms with Crippen LogP contribution < -0.4 is 4.90 Å². The van der Waals surface area contributed by atoms with Gasteiger partial charge in [0.05, 0.1) is 35.6 Å². The smallest absolute Gasteiger partial charge is 0.266 e. The molecule has 4 unspecified atom stereocenters. The van der Waals surface area contributed by atoms with Crippen LogP contribution >= 0.6 is 0 Å². The number of ether oxygens (including phenoxy) is 2. The minimum Gasteiger partial charge on any atom is -0.392 e. The number of amides is 2. The summed E-state index contributed by atoms with van der Waals surface area (Å²) < 4.78 is 13.3. The van der Waals surface area contributed by atoms with E-state index >= 15 is 0 Å². The van der Waals surface area contributed by atoms with Gasteiger partial charge in [0.1, 0.15) is 0 Å². The average molecular weight is 582 g/mol. The number of imide groups is 1. The predicted molar refractivity (Wildman–Crippen MR) is 163 cm³/mol. The number of hydrogen-bond acceptors (Lipinski definition) is 7. The van der Waals surface area contributed by atoms with Gasteiger partial charge in [-0.05, 0) is 80.7 Å². The Bertz CT molecular complexity index is 1440. The van der Waals surface area contributed by atoms with Crippen molar-refractivity contribution in [3.63, 3.8) is 0 Å². The molecule has 3 aromatic carbocycles. The maximum atomic E-state index is 13.2. The first-order valence-electron chi connectivity index (χ1n) is 15.6. The number of benzene rings is 3. The first-order chi connectivity index (χ1) is 21.1. The molecule has 3 fully saturated rings. The predicted octanol–water partition coefficient (Wildman–Crippen LogP) is 5.09. The van der Waals surface area contributed by atoms with E-state index in [9.17, 15) is 14.7 Å². The summed E-state index contributed by atoms with van der Waals surface area (Å²) in [6.07, 6.45) is 4.84. The minimum absolute atomic E-state index is 0.00185. The second-order valence-electron chi connectivity index (χ2n) is 12.2. The van der Waals surface area contributed by atoms with E-state index in [4.69, 9.17) is 9.47 Å². The number of aliphatic hydroxyl groups is 1. The zero-order valence-corrected chi connectivity index (χ0v) is 24.4. The third-order valence-corrected chi connectivity index (χ3v) is 9.41. The number of rotatable bonds is 8. The number of fused-ring (bicyclic) bond motifs is 1. The lowest BCUT2D eigenvalue weighted by Crippen LogP contribution is -2.45. The highest BCUT2D eigenvalue weighted by atomic mass is 16.7. The van der Waals surface area contributed by atoms with Crippen LogP contribution in [-0.2, 0) is 16.1 Å². The van der Waals surface area contributed by atoms with E-state index in [1.165, 1.54) is 43.7 Å². The molecule has 4 aliphatic heterocycles. The largest absolute Gasteiger partial charge is 0.392 e. The molecule has 8 nitrogen and oxygen atoms in total. The molecule has 0 spiro atoms. The molecular formula is C35H39N3O5. The van der Waals surface area contributed by atoms with E-state index in [-0.39, 0.29) is 30.6 Å². The van der Waals surface area contributed by atoms with Gasteiger partial charge in [0.15, 0.2) is 6.29 Å². The minimum atomic E-state index is -0.656. The summed E-state index contributed by atoms with van der Waals surface area (Å²) in [5.41, 5.74) is 4.02. The van der Waals surface area contributed by atoms with Gasteiger partial charge in [-0.2, -0.15) is 0 Å². The lowest BCUT2D eigenvalue weighted by molar-refractivity contribution is -0.253. The number of hydrogen-bond donors (Lipinski definition) is 1. The van der Waals surface area contributed by atoms with Gasteiger partial charge in [0.2, 0.25) is 0 Å². The zero-order valence-electron chi connectivity index (χ0n) is 24.4. The summed E-state index contributed by atoms with van der Waals surface area (Å²) >= 11 is 0. The second kappa shape index (κ2) is 12.3. The second-order valence-corrected chi connectivity index (χ2v) is 12.2. The number of nitrogens with zero attached hydrogens (tertiary/aromatic N) is 3. The van der Waals surface area contributed by atoms with Crippen LogP contribution in [0, 0.1) is 0 Å². The third kappa shape index (κ3) is 5.78. The Kier molecular flexibility index (Phi) is 8.12. The molecule has 4 atom stereocenters. The van der Waals surface area contributed by atoms with Gasteiger partial charge in [-0.3, -0.25) is 14.5 Å². The average Bonchev–Trinajstić information content (AvgIpc) is 3.78. The van der Waals surface area contributed by atoms with Crippen LogP contribution in [0.15, 0.2) is 72.8 Å². The summed E-state index contributed by atoms with van der Waals surface area (Å²) in [4.78, 5) is 32.9. The van der Waals surface area contributed by atoms with Gasteiger partial charge in [-0.25, -0.2) is 4.90 Å². The molecular weight excluding hydrogens is 542 g/mol. The van der Waals surface area contributed by atoms with E-state index in [0.717, 1.165) is 42.7 Å². The summed E-state index contributed by atoms with van der Waals surface area (Å²) in [5, 5.41) is 9.56. The van der Waals surface area contributed by atoms with Crippen LogP contribution in [0.5, 0.6) is 0 Å². The molecule has 3 aromatic rings. The highest BCUT2D eigenvalue weighted by molar-refractivity contribution is 6.34. The molecule has 2 amide bonds. The van der Waals surface area contributed by atoms with Gasteiger partial charge >= 0.3 is 0 Å². The molecule has 8 heteroatoms. The van der Waals surface area contributed by atoms with Crippen LogP contribution in [0.4, 0.5) is 5.69 Å². The lowest BCUT2D eigenvalue weighted by atomic mass is 9.99. The number of carbonyl (C=O) groups is 2. The van der Waals surface area contributed by atoms with Crippen LogP contribution in [-0.4, -0.2) is 71.6 Å². The molecule has 3 saturated heterocycles. The Hall–Kier alpha value is -3.40. The summed E-state index contributed by atoms with van der Waals surface area (Å²) in [5.74, 6) is -0.637. The van der Waals surface area contributed by atoms with Crippen molar-refractivity contribution in [3.8, 4) is 0 Å². The van der Waals surface area contributed by atoms with Crippen molar-refractivity contribution in [2.45, 2.75) is 63.3 Å². The van der Waals surface area contributed by atoms with Gasteiger partial charge < -0.3 is 19.5 Å². The summed E-state index contributed by atoms with van der Waals surface area (Å²) in [7, 11) is 0. The van der Waals surface area contributed by atoms with Gasteiger partial charge in [0.25, 0.3) is 11.8 Å². The van der Waals surface area contributed by atoms with E-state index in [0.29, 0.717) is 22.9 Å². The van der Waals surface area contributed by atoms with E-state index < -0.39 is 6.29 Å². The fourth-order valence-electron chi connectivity index (χ4n) is 7.13. The zero-order chi connectivity index (χ0) is 29.3. The Balaban J connectivity index is 1.14. The molecule has 1 N–H and O–H groups in total. The Morgan fingerprint density at radius 1 is 0.767 bits per heavy atom. The molecule has 0 radical (unpaired) electrons. The van der Waals surface area contributed by atoms with Crippen LogP contribution in [0.2, 0.25) is 0 Å². The van der Waals surface area contributed by atoms with Gasteiger partial charge in [0, 0.05) is 31.1 Å². The van der Waals surface area contributed by atoms with Gasteiger partial charge in [-0.1, -0.05) is 48.5 Å². The molecule has 0 bridgehead atoms. The van der Waals surface area contributed by atoms with Crippen LogP contribution in [0.1, 0.15) is 81.9 Å². The first-order valence-corrected chi connectivity index (χ1v) is 15.6. The van der Waals surface area contributed by atoms with Crippen molar-refractivity contribution in [1.29, 1.82) is 0 Å². The Morgan fingerprint density at radius 2 is 1.51 bits per heavy atom. The number of anilines is 1. The van der Waals surface area contributed by atoms with Crippen molar-refractivity contribution in [2.24, 2.45) is 0 Å². The first kappa shape index (κ1) is 28.4. The van der Waals surface area contributed by atoms with Crippen molar-refractivity contribution in [3.05, 3.63) is 101 Å². The molecule has 0 aromatic heterocycles. The number of carbonyl (C=O) groups excluding carboxylic acids is 2. The fraction of sp³-hybridized carbons (Fsp3) is 0.429. The molecule has 0 saturated carbocycles. The third-order valence-electron chi connectivity index (χ3n) is 9.41. The molecule has 7 rings (SSSR count). The topological polar surface area (TPSA) is 82.6 Å². The Morgan fingerprint density at radius 3 is 2.23 bits per heavy atom. The van der Waals surface area contributed by atoms with E-state index in [2.05, 4.69) is 9.80 Å². The normalized spacial score (nSPS) is 26.4. The standard InChI is InChI=1S/C35H39N3O5/c39-23-24-12-14-25(15-13-24)32-20-29(22-37-18-6-9-28(37)21-36-16-3-4-17-36)42-35(43-32)26-7-5-8-27(19-26)38-33(40)30-10-1-2-11-31(30)34(38)41/h1-2,5,7-8,10-15,19,28-29,32,35,39H,3-4,6,9,16-18,20-23H2. The quantitative estimate of drug-likeness (QED) is 0.372. The Labute approximate surface area is 252 Å².